The van der Waals surface area contributed by atoms with Crippen LogP contribution in [0.25, 0.3) is 0 Å². The van der Waals surface area contributed by atoms with Crippen molar-refractivity contribution in [1.82, 2.24) is 9.78 Å². The molecule has 0 saturated carbocycles. The predicted octanol–water partition coefficient (Wildman–Crippen LogP) is 2.03. The third kappa shape index (κ3) is 2.27. The Morgan fingerprint density at radius 1 is 1.60 bits per heavy atom. The van der Waals surface area contributed by atoms with Gasteiger partial charge in [0.25, 0.3) is 0 Å². The largest absolute Gasteiger partial charge is 0.324 e. The first-order chi connectivity index (χ1) is 7.16. The molecule has 2 N–H and O–H groups in total. The summed E-state index contributed by atoms with van der Waals surface area (Å²) < 4.78 is 1.90. The molecule has 0 saturated heterocycles. The van der Waals surface area contributed by atoms with Crippen LogP contribution < -0.4 is 5.73 Å². The normalized spacial score (nSPS) is 13.0. The highest BCUT2D eigenvalue weighted by atomic mass is 32.1. The van der Waals surface area contributed by atoms with Crippen molar-refractivity contribution < 1.29 is 0 Å². The summed E-state index contributed by atoms with van der Waals surface area (Å²) in [5.41, 5.74) is 9.56. The van der Waals surface area contributed by atoms with Crippen molar-refractivity contribution in [2.24, 2.45) is 12.8 Å². The van der Waals surface area contributed by atoms with Gasteiger partial charge in [-0.1, -0.05) is 0 Å². The van der Waals surface area contributed by atoms with E-state index < -0.39 is 0 Å². The molecule has 15 heavy (non-hydrogen) atoms. The monoisotopic (exact) mass is 221 g/mol. The summed E-state index contributed by atoms with van der Waals surface area (Å²) in [6.45, 7) is 2.00. The van der Waals surface area contributed by atoms with Crippen molar-refractivity contribution in [3.8, 4) is 0 Å². The molecule has 2 heterocycles. The fourth-order valence-electron chi connectivity index (χ4n) is 1.68. The van der Waals surface area contributed by atoms with Crippen molar-refractivity contribution in [2.75, 3.05) is 0 Å². The molecule has 80 valence electrons. The van der Waals surface area contributed by atoms with Crippen LogP contribution in [0.4, 0.5) is 0 Å². The maximum absolute atomic E-state index is 6.12. The van der Waals surface area contributed by atoms with Crippen molar-refractivity contribution in [3.63, 3.8) is 0 Å². The van der Waals surface area contributed by atoms with Gasteiger partial charge in [0, 0.05) is 25.2 Å². The highest BCUT2D eigenvalue weighted by Crippen LogP contribution is 2.18. The quantitative estimate of drug-likeness (QED) is 0.862. The smallest absolute Gasteiger partial charge is 0.0596 e. The third-order valence-electron chi connectivity index (χ3n) is 2.50. The summed E-state index contributed by atoms with van der Waals surface area (Å²) in [6.07, 6.45) is 0.841. The second-order valence-electron chi connectivity index (χ2n) is 3.77. The van der Waals surface area contributed by atoms with Gasteiger partial charge in [-0.2, -0.15) is 16.4 Å². The minimum absolute atomic E-state index is 0.0750. The molecule has 0 aromatic carbocycles. The summed E-state index contributed by atoms with van der Waals surface area (Å²) in [5.74, 6) is 0. The molecular weight excluding hydrogens is 206 g/mol. The fourth-order valence-corrected chi connectivity index (χ4v) is 2.41. The molecule has 0 bridgehead atoms. The molecule has 0 aliphatic heterocycles. The van der Waals surface area contributed by atoms with Crippen LogP contribution in [-0.4, -0.2) is 9.78 Å². The molecule has 2 aromatic heterocycles. The molecule has 2 aromatic rings. The zero-order chi connectivity index (χ0) is 10.8. The lowest BCUT2D eigenvalue weighted by Gasteiger charge is -2.09. The van der Waals surface area contributed by atoms with Gasteiger partial charge in [0.15, 0.2) is 0 Å². The van der Waals surface area contributed by atoms with E-state index in [0.717, 1.165) is 12.1 Å². The maximum Gasteiger partial charge on any atom is 0.0596 e. The Bertz CT molecular complexity index is 431. The molecule has 1 atom stereocenters. The summed E-state index contributed by atoms with van der Waals surface area (Å²) in [6, 6.07) is 4.25. The molecule has 3 nitrogen and oxygen atoms in total. The zero-order valence-electron chi connectivity index (χ0n) is 8.97. The van der Waals surface area contributed by atoms with Gasteiger partial charge in [0.2, 0.25) is 0 Å². The number of thiophene rings is 1. The van der Waals surface area contributed by atoms with Crippen molar-refractivity contribution in [2.45, 2.75) is 19.4 Å². The Balaban J connectivity index is 2.12. The van der Waals surface area contributed by atoms with Gasteiger partial charge < -0.3 is 5.73 Å². The van der Waals surface area contributed by atoms with E-state index in [1.165, 1.54) is 11.3 Å². The average molecular weight is 221 g/mol. The SMILES string of the molecule is Cc1cc(CC(N)c2ccsc2)n(C)n1. The standard InChI is InChI=1S/C11H15N3S/c1-8-5-10(14(2)13-8)6-11(12)9-3-4-15-7-9/h3-5,7,11H,6,12H2,1-2H3. The molecular formula is C11H15N3S. The minimum Gasteiger partial charge on any atom is -0.324 e. The van der Waals surface area contributed by atoms with Gasteiger partial charge in [0.1, 0.15) is 0 Å². The molecule has 4 heteroatoms. The van der Waals surface area contributed by atoms with Crippen molar-refractivity contribution in [3.05, 3.63) is 39.8 Å². The molecule has 0 fully saturated rings. The Labute approximate surface area is 93.5 Å². The number of aromatic nitrogens is 2. The first-order valence-corrected chi connectivity index (χ1v) is 5.88. The van der Waals surface area contributed by atoms with Gasteiger partial charge in [-0.05, 0) is 35.4 Å². The molecule has 0 amide bonds. The number of hydrogen-bond donors (Lipinski definition) is 1. The fraction of sp³-hybridized carbons (Fsp3) is 0.364. The Kier molecular flexibility index (Phi) is 2.88. The number of nitrogens with two attached hydrogens (primary N) is 1. The topological polar surface area (TPSA) is 43.8 Å². The van der Waals surface area contributed by atoms with Crippen LogP contribution in [0.3, 0.4) is 0 Å². The van der Waals surface area contributed by atoms with E-state index in [9.17, 15) is 0 Å². The highest BCUT2D eigenvalue weighted by Gasteiger charge is 2.10. The highest BCUT2D eigenvalue weighted by molar-refractivity contribution is 7.07. The zero-order valence-corrected chi connectivity index (χ0v) is 9.79. The van der Waals surface area contributed by atoms with Crippen LogP contribution in [-0.2, 0) is 13.5 Å². The van der Waals surface area contributed by atoms with Crippen LogP contribution in [0.15, 0.2) is 22.9 Å². The lowest BCUT2D eigenvalue weighted by Crippen LogP contribution is -2.14. The molecule has 2 rings (SSSR count). The maximum atomic E-state index is 6.12. The van der Waals surface area contributed by atoms with E-state index in [2.05, 4.69) is 28.0 Å². The van der Waals surface area contributed by atoms with E-state index in [1.54, 1.807) is 11.3 Å². The summed E-state index contributed by atoms with van der Waals surface area (Å²) >= 11 is 1.69. The van der Waals surface area contributed by atoms with E-state index in [1.807, 2.05) is 18.7 Å². The molecule has 0 radical (unpaired) electrons. The van der Waals surface area contributed by atoms with Gasteiger partial charge >= 0.3 is 0 Å². The van der Waals surface area contributed by atoms with Crippen LogP contribution in [0.1, 0.15) is 23.0 Å². The van der Waals surface area contributed by atoms with Crippen molar-refractivity contribution >= 4 is 11.3 Å². The van der Waals surface area contributed by atoms with Crippen LogP contribution >= 0.6 is 11.3 Å². The third-order valence-corrected chi connectivity index (χ3v) is 3.20. The lowest BCUT2D eigenvalue weighted by atomic mass is 10.1. The molecule has 0 aliphatic rings. The van der Waals surface area contributed by atoms with Gasteiger partial charge in [-0.25, -0.2) is 0 Å². The number of hydrogen-bond acceptors (Lipinski definition) is 3. The molecule has 1 unspecified atom stereocenters. The Hall–Kier alpha value is -1.13. The van der Waals surface area contributed by atoms with Gasteiger partial charge in [-0.15, -0.1) is 0 Å². The van der Waals surface area contributed by atoms with Crippen LogP contribution in [0.2, 0.25) is 0 Å². The number of nitrogens with zero attached hydrogens (tertiary/aromatic N) is 2. The minimum atomic E-state index is 0.0750. The van der Waals surface area contributed by atoms with Gasteiger partial charge in [-0.3, -0.25) is 4.68 Å². The second kappa shape index (κ2) is 4.16. The van der Waals surface area contributed by atoms with E-state index in [0.29, 0.717) is 0 Å². The first kappa shape index (κ1) is 10.4. The lowest BCUT2D eigenvalue weighted by molar-refractivity contribution is 0.641. The Morgan fingerprint density at radius 2 is 2.40 bits per heavy atom. The van der Waals surface area contributed by atoms with Crippen LogP contribution in [0, 0.1) is 6.92 Å². The van der Waals surface area contributed by atoms with E-state index >= 15 is 0 Å². The summed E-state index contributed by atoms with van der Waals surface area (Å²) in [4.78, 5) is 0. The van der Waals surface area contributed by atoms with E-state index in [-0.39, 0.29) is 6.04 Å². The van der Waals surface area contributed by atoms with Crippen LogP contribution in [0.5, 0.6) is 0 Å². The van der Waals surface area contributed by atoms with Gasteiger partial charge in [0.05, 0.1) is 5.69 Å². The first-order valence-electron chi connectivity index (χ1n) is 4.94. The van der Waals surface area contributed by atoms with E-state index in [4.69, 9.17) is 5.73 Å². The number of aryl methyl sites for hydroxylation is 2. The predicted molar refractivity (Wildman–Crippen MR) is 62.9 cm³/mol. The second-order valence-corrected chi connectivity index (χ2v) is 4.55. The number of rotatable bonds is 3. The molecule has 0 aliphatic carbocycles. The molecule has 0 spiro atoms. The van der Waals surface area contributed by atoms with Crippen molar-refractivity contribution in [1.29, 1.82) is 0 Å². The summed E-state index contributed by atoms with van der Waals surface area (Å²) in [5, 5.41) is 8.47. The average Bonchev–Trinajstić information content (AvgIpc) is 2.76. The summed E-state index contributed by atoms with van der Waals surface area (Å²) in [7, 11) is 1.96. The Morgan fingerprint density at radius 3 is 2.93 bits per heavy atom.